The Hall–Kier alpha value is -2.92. The number of anilines is 1. The Morgan fingerprint density at radius 2 is 1.89 bits per heavy atom. The van der Waals surface area contributed by atoms with E-state index in [1.54, 1.807) is 0 Å². The zero-order valence-electron chi connectivity index (χ0n) is 15.0. The first-order valence-corrected chi connectivity index (χ1v) is 9.99. The molecular weight excluding hydrogens is 354 g/mol. The molecule has 0 bridgehead atoms. The number of thiophene rings is 1. The van der Waals surface area contributed by atoms with Crippen molar-refractivity contribution in [2.24, 2.45) is 7.05 Å². The van der Waals surface area contributed by atoms with Gasteiger partial charge < -0.3 is 9.88 Å². The van der Waals surface area contributed by atoms with E-state index in [1.165, 1.54) is 29.7 Å². The Balaban J connectivity index is 1.39. The molecule has 4 nitrogen and oxygen atoms in total. The van der Waals surface area contributed by atoms with Crippen molar-refractivity contribution in [1.29, 1.82) is 0 Å². The summed E-state index contributed by atoms with van der Waals surface area (Å²) in [6.07, 6.45) is 2.40. The maximum atomic E-state index is 12.6. The number of fused-ring (bicyclic) bond motifs is 1. The van der Waals surface area contributed by atoms with Gasteiger partial charge in [0.2, 0.25) is 0 Å². The summed E-state index contributed by atoms with van der Waals surface area (Å²) < 4.78 is 2.09. The molecule has 0 saturated heterocycles. The highest BCUT2D eigenvalue weighted by atomic mass is 32.1. The Morgan fingerprint density at radius 3 is 2.63 bits per heavy atom. The molecule has 2 heterocycles. The molecule has 4 aromatic rings. The molecule has 1 fully saturated rings. The maximum absolute atomic E-state index is 12.6. The summed E-state index contributed by atoms with van der Waals surface area (Å²) in [5.74, 6) is 1.49. The first-order chi connectivity index (χ1) is 13.2. The second-order valence-electron chi connectivity index (χ2n) is 6.99. The molecular formula is C22H19N3OS. The van der Waals surface area contributed by atoms with Gasteiger partial charge in [-0.15, -0.1) is 11.3 Å². The second kappa shape index (κ2) is 6.35. The third-order valence-electron chi connectivity index (χ3n) is 5.11. The fraction of sp³-hybridized carbons (Fsp3) is 0.182. The quantitative estimate of drug-likeness (QED) is 0.518. The lowest BCUT2D eigenvalue weighted by atomic mass is 10.1. The first kappa shape index (κ1) is 16.3. The molecule has 0 radical (unpaired) electrons. The molecule has 0 spiro atoms. The molecule has 27 heavy (non-hydrogen) atoms. The van der Waals surface area contributed by atoms with E-state index in [9.17, 15) is 4.79 Å². The number of rotatable bonds is 4. The van der Waals surface area contributed by atoms with Crippen LogP contribution in [0.3, 0.4) is 0 Å². The van der Waals surface area contributed by atoms with Crippen molar-refractivity contribution in [3.8, 4) is 11.4 Å². The number of carbonyl (C=O) groups excluding carboxylic acids is 1. The van der Waals surface area contributed by atoms with Crippen LogP contribution >= 0.6 is 11.3 Å². The van der Waals surface area contributed by atoms with Gasteiger partial charge in [0.25, 0.3) is 5.91 Å². The smallest absolute Gasteiger partial charge is 0.266 e. The summed E-state index contributed by atoms with van der Waals surface area (Å²) in [6, 6.07) is 18.1. The van der Waals surface area contributed by atoms with E-state index in [0.29, 0.717) is 5.92 Å². The molecule has 1 saturated carbocycles. The van der Waals surface area contributed by atoms with Crippen LogP contribution in [-0.4, -0.2) is 15.5 Å². The number of nitrogens with zero attached hydrogens (tertiary/aromatic N) is 2. The second-order valence-corrected chi connectivity index (χ2v) is 7.91. The molecule has 134 valence electrons. The van der Waals surface area contributed by atoms with E-state index in [4.69, 9.17) is 4.98 Å². The number of benzene rings is 2. The third-order valence-corrected chi connectivity index (χ3v) is 6.04. The molecule has 1 aliphatic carbocycles. The molecule has 0 atom stereocenters. The van der Waals surface area contributed by atoms with Crippen LogP contribution < -0.4 is 5.32 Å². The number of aryl methyl sites for hydroxylation is 1. The Kier molecular flexibility index (Phi) is 3.83. The van der Waals surface area contributed by atoms with Crippen molar-refractivity contribution in [1.82, 2.24) is 9.55 Å². The van der Waals surface area contributed by atoms with Crippen molar-refractivity contribution in [3.63, 3.8) is 0 Å². The van der Waals surface area contributed by atoms with Crippen LogP contribution in [0.4, 0.5) is 5.69 Å². The van der Waals surface area contributed by atoms with E-state index >= 15 is 0 Å². The van der Waals surface area contributed by atoms with E-state index in [-0.39, 0.29) is 5.91 Å². The number of hydrogen-bond acceptors (Lipinski definition) is 3. The SMILES string of the molecule is Cn1c(-c2ccc(NC(=O)c3sccc3C3CC3)cc2)nc2ccccc21. The molecule has 5 heteroatoms. The number of imidazole rings is 1. The summed E-state index contributed by atoms with van der Waals surface area (Å²) in [5.41, 5.74) is 5.13. The third kappa shape index (κ3) is 2.94. The Morgan fingerprint density at radius 1 is 1.11 bits per heavy atom. The van der Waals surface area contributed by atoms with Crippen molar-refractivity contribution in [3.05, 3.63) is 70.4 Å². The molecule has 1 amide bonds. The lowest BCUT2D eigenvalue weighted by Crippen LogP contribution is -2.11. The standard InChI is InChI=1S/C22H19N3OS/c1-25-19-5-3-2-4-18(19)24-21(25)15-8-10-16(11-9-15)23-22(26)20-17(12-13-27-20)14-6-7-14/h2-5,8-14H,6-7H2,1H3,(H,23,26). The molecule has 2 aromatic carbocycles. The van der Waals surface area contributed by atoms with E-state index < -0.39 is 0 Å². The van der Waals surface area contributed by atoms with E-state index in [1.807, 2.05) is 54.9 Å². The van der Waals surface area contributed by atoms with Gasteiger partial charge in [0.15, 0.2) is 0 Å². The molecule has 1 N–H and O–H groups in total. The maximum Gasteiger partial charge on any atom is 0.266 e. The highest BCUT2D eigenvalue weighted by Gasteiger charge is 2.28. The number of nitrogens with one attached hydrogen (secondary N) is 1. The summed E-state index contributed by atoms with van der Waals surface area (Å²) >= 11 is 1.52. The van der Waals surface area contributed by atoms with Gasteiger partial charge in [-0.1, -0.05) is 12.1 Å². The van der Waals surface area contributed by atoms with Gasteiger partial charge in [-0.25, -0.2) is 4.98 Å². The molecule has 0 unspecified atom stereocenters. The van der Waals surface area contributed by atoms with Gasteiger partial charge >= 0.3 is 0 Å². The van der Waals surface area contributed by atoms with Gasteiger partial charge in [0.05, 0.1) is 15.9 Å². The normalized spacial score (nSPS) is 13.8. The number of hydrogen-bond donors (Lipinski definition) is 1. The lowest BCUT2D eigenvalue weighted by molar-refractivity contribution is 0.102. The zero-order valence-corrected chi connectivity index (χ0v) is 15.8. The minimum Gasteiger partial charge on any atom is -0.327 e. The summed E-state index contributed by atoms with van der Waals surface area (Å²) in [4.78, 5) is 18.2. The highest BCUT2D eigenvalue weighted by Crippen LogP contribution is 2.43. The van der Waals surface area contributed by atoms with Gasteiger partial charge in [-0.2, -0.15) is 0 Å². The number of carbonyl (C=O) groups is 1. The highest BCUT2D eigenvalue weighted by molar-refractivity contribution is 7.12. The van der Waals surface area contributed by atoms with Crippen molar-refractivity contribution < 1.29 is 4.79 Å². The minimum absolute atomic E-state index is 0.0117. The lowest BCUT2D eigenvalue weighted by Gasteiger charge is -2.07. The van der Waals surface area contributed by atoms with Crippen LogP contribution in [0.2, 0.25) is 0 Å². The van der Waals surface area contributed by atoms with Gasteiger partial charge in [0.1, 0.15) is 5.82 Å². The van der Waals surface area contributed by atoms with Crippen LogP contribution in [-0.2, 0) is 7.05 Å². The van der Waals surface area contributed by atoms with Gasteiger partial charge in [0, 0.05) is 18.3 Å². The average Bonchev–Trinajstić information content (AvgIpc) is 3.32. The predicted molar refractivity (Wildman–Crippen MR) is 110 cm³/mol. The summed E-state index contributed by atoms with van der Waals surface area (Å²) in [6.45, 7) is 0. The molecule has 5 rings (SSSR count). The summed E-state index contributed by atoms with van der Waals surface area (Å²) in [7, 11) is 2.02. The number of aromatic nitrogens is 2. The Labute approximate surface area is 161 Å². The minimum atomic E-state index is -0.0117. The number of amides is 1. The van der Waals surface area contributed by atoms with Crippen LogP contribution in [0.1, 0.15) is 34.0 Å². The fourth-order valence-electron chi connectivity index (χ4n) is 3.51. The van der Waals surface area contributed by atoms with Crippen molar-refractivity contribution in [2.75, 3.05) is 5.32 Å². The van der Waals surface area contributed by atoms with Crippen LogP contribution in [0.15, 0.2) is 60.0 Å². The monoisotopic (exact) mass is 373 g/mol. The summed E-state index contributed by atoms with van der Waals surface area (Å²) in [5, 5.41) is 5.04. The molecule has 2 aromatic heterocycles. The van der Waals surface area contributed by atoms with Crippen molar-refractivity contribution >= 4 is 34.0 Å². The number of para-hydroxylation sites is 2. The van der Waals surface area contributed by atoms with Gasteiger partial charge in [-0.3, -0.25) is 4.79 Å². The van der Waals surface area contributed by atoms with Crippen LogP contribution in [0, 0.1) is 0 Å². The van der Waals surface area contributed by atoms with Crippen LogP contribution in [0.5, 0.6) is 0 Å². The average molecular weight is 373 g/mol. The van der Waals surface area contributed by atoms with Gasteiger partial charge in [-0.05, 0) is 72.2 Å². The predicted octanol–water partition coefficient (Wildman–Crippen LogP) is 5.43. The zero-order chi connectivity index (χ0) is 18.4. The first-order valence-electron chi connectivity index (χ1n) is 9.11. The topological polar surface area (TPSA) is 46.9 Å². The largest absolute Gasteiger partial charge is 0.327 e. The van der Waals surface area contributed by atoms with E-state index in [0.717, 1.165) is 33.0 Å². The van der Waals surface area contributed by atoms with Crippen LogP contribution in [0.25, 0.3) is 22.4 Å². The van der Waals surface area contributed by atoms with Crippen molar-refractivity contribution in [2.45, 2.75) is 18.8 Å². The molecule has 0 aliphatic heterocycles. The van der Waals surface area contributed by atoms with E-state index in [2.05, 4.69) is 22.0 Å². The molecule has 1 aliphatic rings. The fourth-order valence-corrected chi connectivity index (χ4v) is 4.39. The Bertz CT molecular complexity index is 1140.